The average molecular weight is 236 g/mol. The third-order valence-corrected chi connectivity index (χ3v) is 2.81. The Kier molecular flexibility index (Phi) is 3.19. The summed E-state index contributed by atoms with van der Waals surface area (Å²) in [6, 6.07) is 5.81. The van der Waals surface area contributed by atoms with E-state index in [0.717, 1.165) is 4.90 Å². The highest BCUT2D eigenvalue weighted by molar-refractivity contribution is 6.21. The Morgan fingerprint density at radius 2 is 1.76 bits per heavy atom. The molecule has 0 saturated carbocycles. The smallest absolute Gasteiger partial charge is 0.261 e. The number of amides is 2. The molecular formula is C12H13FN2O2. The van der Waals surface area contributed by atoms with Crippen molar-refractivity contribution in [3.63, 3.8) is 0 Å². The third kappa shape index (κ3) is 1.82. The van der Waals surface area contributed by atoms with Gasteiger partial charge in [0.15, 0.2) is 0 Å². The van der Waals surface area contributed by atoms with Crippen LogP contribution in [0.5, 0.6) is 0 Å². The van der Waals surface area contributed by atoms with Crippen LogP contribution in [0.1, 0.15) is 20.7 Å². The molecule has 1 aliphatic rings. The predicted octanol–water partition coefficient (Wildman–Crippen LogP) is 0.840. The van der Waals surface area contributed by atoms with Gasteiger partial charge in [0.2, 0.25) is 0 Å². The van der Waals surface area contributed by atoms with Crippen LogP contribution in [0.15, 0.2) is 24.3 Å². The molecule has 0 spiro atoms. The fourth-order valence-electron chi connectivity index (χ4n) is 1.99. The Labute approximate surface area is 98.4 Å². The zero-order chi connectivity index (χ0) is 12.4. The summed E-state index contributed by atoms with van der Waals surface area (Å²) in [6.07, 6.45) is 0. The predicted molar refractivity (Wildman–Crippen MR) is 60.6 cm³/mol. The molecule has 1 heterocycles. The lowest BCUT2D eigenvalue weighted by atomic mass is 10.1. The lowest BCUT2D eigenvalue weighted by Crippen LogP contribution is -2.46. The molecule has 5 heteroatoms. The molecular weight excluding hydrogens is 223 g/mol. The number of likely N-dealkylation sites (N-methyl/N-ethyl adjacent to an activating group) is 1. The van der Waals surface area contributed by atoms with E-state index in [4.69, 9.17) is 0 Å². The number of hydrogen-bond acceptors (Lipinski definition) is 3. The van der Waals surface area contributed by atoms with Crippen LogP contribution >= 0.6 is 0 Å². The van der Waals surface area contributed by atoms with Crippen molar-refractivity contribution in [2.45, 2.75) is 6.04 Å². The summed E-state index contributed by atoms with van der Waals surface area (Å²) in [6.45, 7) is -0.492. The summed E-state index contributed by atoms with van der Waals surface area (Å²) in [5.41, 5.74) is 0.708. The Morgan fingerprint density at radius 1 is 1.24 bits per heavy atom. The molecule has 0 aromatic heterocycles. The number of imide groups is 1. The van der Waals surface area contributed by atoms with Crippen LogP contribution in [-0.2, 0) is 0 Å². The van der Waals surface area contributed by atoms with Gasteiger partial charge < -0.3 is 5.32 Å². The van der Waals surface area contributed by atoms with Crippen molar-refractivity contribution in [1.29, 1.82) is 0 Å². The number of carbonyl (C=O) groups is 2. The molecule has 0 fully saturated rings. The lowest BCUT2D eigenvalue weighted by molar-refractivity contribution is 0.0560. The molecule has 90 valence electrons. The van der Waals surface area contributed by atoms with Crippen molar-refractivity contribution in [1.82, 2.24) is 10.2 Å². The Hall–Kier alpha value is -1.75. The molecule has 2 rings (SSSR count). The van der Waals surface area contributed by atoms with Gasteiger partial charge in [0.25, 0.3) is 11.8 Å². The van der Waals surface area contributed by atoms with Gasteiger partial charge in [-0.05, 0) is 19.2 Å². The van der Waals surface area contributed by atoms with Gasteiger partial charge in [-0.1, -0.05) is 12.1 Å². The van der Waals surface area contributed by atoms with Crippen molar-refractivity contribution in [2.24, 2.45) is 0 Å². The molecule has 0 saturated heterocycles. The molecule has 1 unspecified atom stereocenters. The molecule has 4 nitrogen and oxygen atoms in total. The second-order valence-corrected chi connectivity index (χ2v) is 3.89. The van der Waals surface area contributed by atoms with Gasteiger partial charge in [-0.25, -0.2) is 4.39 Å². The monoisotopic (exact) mass is 236 g/mol. The fourth-order valence-corrected chi connectivity index (χ4v) is 1.99. The van der Waals surface area contributed by atoms with Gasteiger partial charge in [0, 0.05) is 6.54 Å². The number of fused-ring (bicyclic) bond motifs is 1. The van der Waals surface area contributed by atoms with Gasteiger partial charge in [0.05, 0.1) is 17.2 Å². The van der Waals surface area contributed by atoms with E-state index >= 15 is 0 Å². The Morgan fingerprint density at radius 3 is 2.18 bits per heavy atom. The zero-order valence-corrected chi connectivity index (χ0v) is 9.44. The number of carbonyl (C=O) groups excluding carboxylic acids is 2. The van der Waals surface area contributed by atoms with E-state index < -0.39 is 24.5 Å². The number of rotatable bonds is 4. The van der Waals surface area contributed by atoms with Crippen LogP contribution in [0.2, 0.25) is 0 Å². The molecule has 0 radical (unpaired) electrons. The summed E-state index contributed by atoms with van der Waals surface area (Å²) in [5, 5.41) is 2.78. The first-order valence-corrected chi connectivity index (χ1v) is 5.38. The number of halogens is 1. The second kappa shape index (κ2) is 4.63. The minimum Gasteiger partial charge on any atom is -0.318 e. The van der Waals surface area contributed by atoms with E-state index in [1.165, 1.54) is 0 Å². The Balaban J connectivity index is 2.35. The summed E-state index contributed by atoms with van der Waals surface area (Å²) in [4.78, 5) is 25.0. The van der Waals surface area contributed by atoms with Crippen LogP contribution in [0.3, 0.4) is 0 Å². The van der Waals surface area contributed by atoms with Crippen molar-refractivity contribution in [3.8, 4) is 0 Å². The SMILES string of the molecule is CNCC(CF)N1C(=O)c2ccccc2C1=O. The molecule has 1 aliphatic heterocycles. The quantitative estimate of drug-likeness (QED) is 0.788. The molecule has 0 aliphatic carbocycles. The van der Waals surface area contributed by atoms with Crippen LogP contribution in [0.4, 0.5) is 4.39 Å². The van der Waals surface area contributed by atoms with Crippen molar-refractivity contribution < 1.29 is 14.0 Å². The Bertz CT molecular complexity index is 427. The highest BCUT2D eigenvalue weighted by Gasteiger charge is 2.39. The number of benzene rings is 1. The largest absolute Gasteiger partial charge is 0.318 e. The first-order valence-electron chi connectivity index (χ1n) is 5.38. The third-order valence-electron chi connectivity index (χ3n) is 2.81. The summed E-state index contributed by atoms with van der Waals surface area (Å²) in [5.74, 6) is -0.827. The molecule has 2 amide bonds. The first-order chi connectivity index (χ1) is 8.20. The molecule has 17 heavy (non-hydrogen) atoms. The van der Waals surface area contributed by atoms with E-state index in [2.05, 4.69) is 5.32 Å². The molecule has 1 aromatic rings. The van der Waals surface area contributed by atoms with Crippen LogP contribution < -0.4 is 5.32 Å². The van der Waals surface area contributed by atoms with Crippen LogP contribution in [-0.4, -0.2) is 43.0 Å². The maximum atomic E-state index is 12.9. The van der Waals surface area contributed by atoms with Gasteiger partial charge >= 0.3 is 0 Å². The van der Waals surface area contributed by atoms with Crippen LogP contribution in [0, 0.1) is 0 Å². The second-order valence-electron chi connectivity index (χ2n) is 3.89. The number of alkyl halides is 1. The summed E-state index contributed by atoms with van der Waals surface area (Å²) in [7, 11) is 1.65. The van der Waals surface area contributed by atoms with Gasteiger partial charge in [-0.2, -0.15) is 0 Å². The molecule has 0 bridgehead atoms. The lowest BCUT2D eigenvalue weighted by Gasteiger charge is -2.23. The highest BCUT2D eigenvalue weighted by Crippen LogP contribution is 2.24. The van der Waals surface area contributed by atoms with E-state index in [1.54, 1.807) is 31.3 Å². The van der Waals surface area contributed by atoms with Crippen molar-refractivity contribution >= 4 is 11.8 Å². The van der Waals surface area contributed by atoms with Gasteiger partial charge in [-0.3, -0.25) is 14.5 Å². The van der Waals surface area contributed by atoms with Crippen molar-refractivity contribution in [2.75, 3.05) is 20.3 Å². The minimum absolute atomic E-state index is 0.252. The van der Waals surface area contributed by atoms with E-state index in [-0.39, 0.29) is 6.54 Å². The van der Waals surface area contributed by atoms with E-state index in [9.17, 15) is 14.0 Å². The maximum absolute atomic E-state index is 12.9. The first kappa shape index (κ1) is 11.7. The highest BCUT2D eigenvalue weighted by atomic mass is 19.1. The topological polar surface area (TPSA) is 49.4 Å². The number of nitrogens with zero attached hydrogens (tertiary/aromatic N) is 1. The van der Waals surface area contributed by atoms with E-state index in [0.29, 0.717) is 11.1 Å². The standard InChI is InChI=1S/C12H13FN2O2/c1-14-7-8(6-13)15-11(16)9-4-2-3-5-10(9)12(15)17/h2-5,8,14H,6-7H2,1H3. The molecule has 1 N–H and O–H groups in total. The fraction of sp³-hybridized carbons (Fsp3) is 0.333. The number of hydrogen-bond donors (Lipinski definition) is 1. The molecule has 1 aromatic carbocycles. The van der Waals surface area contributed by atoms with Gasteiger partial charge in [-0.15, -0.1) is 0 Å². The molecule has 1 atom stereocenters. The van der Waals surface area contributed by atoms with Crippen LogP contribution in [0.25, 0.3) is 0 Å². The summed E-state index contributed by atoms with van der Waals surface area (Å²) < 4.78 is 12.9. The normalized spacial score (nSPS) is 16.2. The zero-order valence-electron chi connectivity index (χ0n) is 9.44. The number of nitrogens with one attached hydrogen (secondary N) is 1. The minimum atomic E-state index is -0.744. The van der Waals surface area contributed by atoms with E-state index in [1.807, 2.05) is 0 Å². The van der Waals surface area contributed by atoms with Crippen molar-refractivity contribution in [3.05, 3.63) is 35.4 Å². The summed E-state index contributed by atoms with van der Waals surface area (Å²) >= 11 is 0. The maximum Gasteiger partial charge on any atom is 0.261 e. The average Bonchev–Trinajstić information content (AvgIpc) is 2.61. The van der Waals surface area contributed by atoms with Gasteiger partial charge in [0.1, 0.15) is 6.67 Å².